The summed E-state index contributed by atoms with van der Waals surface area (Å²) in [6.45, 7) is 5.37. The van der Waals surface area contributed by atoms with E-state index in [-0.39, 0.29) is 5.97 Å². The number of rotatable bonds is 8. The number of hydrogen-bond donors (Lipinski definition) is 2. The first-order valence-electron chi connectivity index (χ1n) is 8.99. The lowest BCUT2D eigenvalue weighted by atomic mass is 10.1. The van der Waals surface area contributed by atoms with Crippen LogP contribution in [0.4, 0.5) is 5.69 Å². The predicted molar refractivity (Wildman–Crippen MR) is 113 cm³/mol. The number of esters is 1. The molecule has 0 atom stereocenters. The van der Waals surface area contributed by atoms with E-state index in [1.807, 2.05) is 32.0 Å². The number of anilines is 1. The van der Waals surface area contributed by atoms with Crippen LogP contribution in [0.5, 0.6) is 5.75 Å². The molecule has 0 aliphatic carbocycles. The molecule has 0 spiro atoms. The van der Waals surface area contributed by atoms with Crippen molar-refractivity contribution in [3.8, 4) is 5.75 Å². The van der Waals surface area contributed by atoms with Crippen LogP contribution < -0.4 is 15.4 Å². The number of carbonyl (C=O) groups is 1. The number of ether oxygens (including phenoxy) is 2. The third kappa shape index (κ3) is 6.57. The first kappa shape index (κ1) is 20.7. The lowest BCUT2D eigenvalue weighted by Crippen LogP contribution is -2.29. The highest BCUT2D eigenvalue weighted by Crippen LogP contribution is 2.17. The van der Waals surface area contributed by atoms with Gasteiger partial charge in [0, 0.05) is 12.2 Å². The number of aryl methyl sites for hydroxylation is 2. The summed E-state index contributed by atoms with van der Waals surface area (Å²) in [5, 5.41) is 6.88. The minimum atomic E-state index is -0.368. The lowest BCUT2D eigenvalue weighted by Gasteiger charge is -2.13. The van der Waals surface area contributed by atoms with Crippen LogP contribution in [0.25, 0.3) is 0 Å². The van der Waals surface area contributed by atoms with Gasteiger partial charge < -0.3 is 20.1 Å². The molecule has 0 unspecified atom stereocenters. The number of hydrogen-bond acceptors (Lipinski definition) is 4. The molecule has 2 aromatic carbocycles. The van der Waals surface area contributed by atoms with Gasteiger partial charge in [0.2, 0.25) is 0 Å². The predicted octanol–water partition coefficient (Wildman–Crippen LogP) is 4.10. The maximum atomic E-state index is 11.7. The Morgan fingerprint density at radius 1 is 1.15 bits per heavy atom. The van der Waals surface area contributed by atoms with Gasteiger partial charge in [-0.25, -0.2) is 4.79 Å². The molecule has 0 saturated heterocycles. The van der Waals surface area contributed by atoms with E-state index in [9.17, 15) is 4.79 Å². The minimum Gasteiger partial charge on any atom is -0.494 e. The second-order valence-electron chi connectivity index (χ2n) is 6.08. The van der Waals surface area contributed by atoms with E-state index in [1.165, 1.54) is 12.7 Å². The third-order valence-corrected chi connectivity index (χ3v) is 4.32. The Bertz CT molecular complexity index is 775. The van der Waals surface area contributed by atoms with Gasteiger partial charge in [0.05, 0.1) is 19.3 Å². The molecule has 6 heteroatoms. The Hall–Kier alpha value is -2.60. The Kier molecular flexibility index (Phi) is 8.07. The summed E-state index contributed by atoms with van der Waals surface area (Å²) in [6.07, 6.45) is 1.91. The number of methoxy groups -OCH3 is 1. The Morgan fingerprint density at radius 3 is 2.56 bits per heavy atom. The SMILES string of the molecule is CCOc1ccc(CCCNC(=S)Nc2cc(C(=O)OC)ccc2C)cc1. The summed E-state index contributed by atoms with van der Waals surface area (Å²) in [4.78, 5) is 11.7. The number of benzene rings is 2. The highest BCUT2D eigenvalue weighted by atomic mass is 32.1. The average molecular weight is 387 g/mol. The molecular weight excluding hydrogens is 360 g/mol. The molecule has 27 heavy (non-hydrogen) atoms. The van der Waals surface area contributed by atoms with Crippen LogP contribution in [0.2, 0.25) is 0 Å². The van der Waals surface area contributed by atoms with Crippen molar-refractivity contribution in [2.45, 2.75) is 26.7 Å². The minimum absolute atomic E-state index is 0.368. The van der Waals surface area contributed by atoms with Crippen molar-refractivity contribution in [2.24, 2.45) is 0 Å². The monoisotopic (exact) mass is 386 g/mol. The van der Waals surface area contributed by atoms with Crippen molar-refractivity contribution < 1.29 is 14.3 Å². The maximum Gasteiger partial charge on any atom is 0.337 e. The Balaban J connectivity index is 1.78. The number of thiocarbonyl (C=S) groups is 1. The van der Waals surface area contributed by atoms with E-state index >= 15 is 0 Å². The normalized spacial score (nSPS) is 10.2. The zero-order valence-corrected chi connectivity index (χ0v) is 16.8. The Morgan fingerprint density at radius 2 is 1.89 bits per heavy atom. The van der Waals surface area contributed by atoms with E-state index in [1.54, 1.807) is 12.1 Å². The molecule has 144 valence electrons. The molecule has 2 N–H and O–H groups in total. The van der Waals surface area contributed by atoms with Crippen molar-refractivity contribution in [2.75, 3.05) is 25.6 Å². The highest BCUT2D eigenvalue weighted by molar-refractivity contribution is 7.80. The second-order valence-corrected chi connectivity index (χ2v) is 6.49. The van der Waals surface area contributed by atoms with Crippen LogP contribution in [0.15, 0.2) is 42.5 Å². The molecule has 0 fully saturated rings. The molecule has 2 rings (SSSR count). The van der Waals surface area contributed by atoms with Crippen molar-refractivity contribution in [3.63, 3.8) is 0 Å². The van der Waals surface area contributed by atoms with Crippen molar-refractivity contribution >= 4 is 29.0 Å². The average Bonchev–Trinajstić information content (AvgIpc) is 2.68. The largest absolute Gasteiger partial charge is 0.494 e. The zero-order valence-electron chi connectivity index (χ0n) is 16.0. The van der Waals surface area contributed by atoms with Gasteiger partial charge in [-0.2, -0.15) is 0 Å². The van der Waals surface area contributed by atoms with Gasteiger partial charge in [-0.05, 0) is 74.3 Å². The molecule has 0 aliphatic rings. The molecule has 2 aromatic rings. The smallest absolute Gasteiger partial charge is 0.337 e. The lowest BCUT2D eigenvalue weighted by molar-refractivity contribution is 0.0601. The van der Waals surface area contributed by atoms with Crippen molar-refractivity contribution in [3.05, 3.63) is 59.2 Å². The molecule has 0 amide bonds. The third-order valence-electron chi connectivity index (χ3n) is 4.07. The van der Waals surface area contributed by atoms with Crippen LogP contribution >= 0.6 is 12.2 Å². The van der Waals surface area contributed by atoms with Crippen LogP contribution in [-0.4, -0.2) is 31.3 Å². The molecule has 0 aromatic heterocycles. The van der Waals surface area contributed by atoms with Crippen LogP contribution in [0, 0.1) is 6.92 Å². The molecule has 5 nitrogen and oxygen atoms in total. The molecule has 0 radical (unpaired) electrons. The van der Waals surface area contributed by atoms with Gasteiger partial charge in [-0.3, -0.25) is 0 Å². The van der Waals surface area contributed by atoms with E-state index in [0.29, 0.717) is 17.3 Å². The molecule has 0 saturated carbocycles. The van der Waals surface area contributed by atoms with Crippen LogP contribution in [-0.2, 0) is 11.2 Å². The van der Waals surface area contributed by atoms with E-state index in [0.717, 1.165) is 36.4 Å². The summed E-state index contributed by atoms with van der Waals surface area (Å²) < 4.78 is 10.2. The van der Waals surface area contributed by atoms with E-state index < -0.39 is 0 Å². The summed E-state index contributed by atoms with van der Waals surface area (Å²) >= 11 is 5.35. The van der Waals surface area contributed by atoms with E-state index in [4.69, 9.17) is 21.7 Å². The van der Waals surface area contributed by atoms with Gasteiger partial charge in [0.15, 0.2) is 5.11 Å². The summed E-state index contributed by atoms with van der Waals surface area (Å²) in [5.41, 5.74) is 3.55. The van der Waals surface area contributed by atoms with Crippen LogP contribution in [0.1, 0.15) is 34.8 Å². The summed E-state index contributed by atoms with van der Waals surface area (Å²) in [5.74, 6) is 0.529. The molecule has 0 bridgehead atoms. The van der Waals surface area contributed by atoms with Gasteiger partial charge >= 0.3 is 5.97 Å². The maximum absolute atomic E-state index is 11.7. The standard InChI is InChI=1S/C21H26N2O3S/c1-4-26-18-11-8-16(9-12-18)6-5-13-22-21(27)23-19-14-17(20(24)25-3)10-7-15(19)2/h7-12,14H,4-6,13H2,1-3H3,(H2,22,23,27). The fourth-order valence-electron chi connectivity index (χ4n) is 2.58. The van der Waals surface area contributed by atoms with Gasteiger partial charge in [-0.1, -0.05) is 18.2 Å². The van der Waals surface area contributed by atoms with Gasteiger partial charge in [0.25, 0.3) is 0 Å². The van der Waals surface area contributed by atoms with Crippen molar-refractivity contribution in [1.29, 1.82) is 0 Å². The first-order valence-corrected chi connectivity index (χ1v) is 9.40. The first-order chi connectivity index (χ1) is 13.0. The quantitative estimate of drug-likeness (QED) is 0.405. The highest BCUT2D eigenvalue weighted by Gasteiger charge is 2.09. The summed E-state index contributed by atoms with van der Waals surface area (Å²) in [6, 6.07) is 13.5. The van der Waals surface area contributed by atoms with E-state index in [2.05, 4.69) is 22.8 Å². The number of nitrogens with one attached hydrogen (secondary N) is 2. The molecule has 0 aliphatic heterocycles. The topological polar surface area (TPSA) is 59.6 Å². The molecule has 0 heterocycles. The zero-order chi connectivity index (χ0) is 19.6. The van der Waals surface area contributed by atoms with Crippen LogP contribution in [0.3, 0.4) is 0 Å². The number of carbonyl (C=O) groups excluding carboxylic acids is 1. The Labute approximate surface area is 166 Å². The van der Waals surface area contributed by atoms with Gasteiger partial charge in [-0.15, -0.1) is 0 Å². The fraction of sp³-hybridized carbons (Fsp3) is 0.333. The molecular formula is C21H26N2O3S. The van der Waals surface area contributed by atoms with Crippen molar-refractivity contribution in [1.82, 2.24) is 5.32 Å². The second kappa shape index (κ2) is 10.5. The fourth-order valence-corrected chi connectivity index (χ4v) is 2.79. The van der Waals surface area contributed by atoms with Gasteiger partial charge in [0.1, 0.15) is 5.75 Å². The summed E-state index contributed by atoms with van der Waals surface area (Å²) in [7, 11) is 1.37.